The molecule has 1 nitrogen and oxygen atoms in total. The highest BCUT2D eigenvalue weighted by Crippen LogP contribution is 2.32. The van der Waals surface area contributed by atoms with Crippen LogP contribution in [0.5, 0.6) is 0 Å². The van der Waals surface area contributed by atoms with E-state index in [9.17, 15) is 4.79 Å². The average molecular weight is 220 g/mol. The van der Waals surface area contributed by atoms with Gasteiger partial charge in [-0.15, -0.1) is 0 Å². The summed E-state index contributed by atoms with van der Waals surface area (Å²) < 4.78 is 0. The van der Waals surface area contributed by atoms with Gasteiger partial charge < -0.3 is 4.79 Å². The van der Waals surface area contributed by atoms with Crippen molar-refractivity contribution in [1.82, 2.24) is 0 Å². The van der Waals surface area contributed by atoms with E-state index in [2.05, 4.69) is 43.9 Å². The Kier molecular flexibility index (Phi) is 3.86. The van der Waals surface area contributed by atoms with Crippen LogP contribution in [-0.4, -0.2) is 14.4 Å². The van der Waals surface area contributed by atoms with Crippen LogP contribution >= 0.6 is 0 Å². The predicted molar refractivity (Wildman–Crippen MR) is 67.8 cm³/mol. The molecule has 1 rings (SSSR count). The molecule has 0 unspecified atom stereocenters. The molecule has 2 atom stereocenters. The summed E-state index contributed by atoms with van der Waals surface area (Å²) in [6.45, 7) is 9.00. The van der Waals surface area contributed by atoms with E-state index in [1.807, 2.05) is 13.0 Å². The van der Waals surface area contributed by atoms with Crippen molar-refractivity contribution in [1.29, 1.82) is 0 Å². The molecule has 0 fully saturated rings. The van der Waals surface area contributed by atoms with Crippen molar-refractivity contribution in [2.24, 2.45) is 5.92 Å². The number of benzene rings is 1. The van der Waals surface area contributed by atoms with Gasteiger partial charge in [0.15, 0.2) is 0 Å². The summed E-state index contributed by atoms with van der Waals surface area (Å²) in [7, 11) is -1.34. The van der Waals surface area contributed by atoms with Crippen LogP contribution in [-0.2, 0) is 4.79 Å². The molecule has 0 N–H and O–H groups in total. The van der Waals surface area contributed by atoms with E-state index >= 15 is 0 Å². The lowest BCUT2D eigenvalue weighted by Crippen LogP contribution is -2.35. The summed E-state index contributed by atoms with van der Waals surface area (Å²) in [6, 6.07) is 10.4. The van der Waals surface area contributed by atoms with Gasteiger partial charge in [-0.2, -0.15) is 0 Å². The molecule has 0 saturated carbocycles. The van der Waals surface area contributed by atoms with Gasteiger partial charge in [-0.1, -0.05) is 56.9 Å². The maximum Gasteiger partial charge on any atom is 0.123 e. The smallest absolute Gasteiger partial charge is 0.123 e. The van der Waals surface area contributed by atoms with Crippen LogP contribution in [0.4, 0.5) is 0 Å². The van der Waals surface area contributed by atoms with Crippen molar-refractivity contribution in [3.8, 4) is 0 Å². The van der Waals surface area contributed by atoms with Gasteiger partial charge in [0.05, 0.1) is 8.07 Å². The molecule has 0 heterocycles. The fourth-order valence-electron chi connectivity index (χ4n) is 2.33. The number of carbonyl (C=O) groups is 1. The molecule has 15 heavy (non-hydrogen) atoms. The van der Waals surface area contributed by atoms with Crippen LogP contribution in [0.15, 0.2) is 30.3 Å². The monoisotopic (exact) mass is 220 g/mol. The first kappa shape index (κ1) is 12.2. The second-order valence-electron chi connectivity index (χ2n) is 5.25. The average Bonchev–Trinajstić information content (AvgIpc) is 2.17. The van der Waals surface area contributed by atoms with E-state index in [0.717, 1.165) is 6.29 Å². The van der Waals surface area contributed by atoms with Crippen molar-refractivity contribution in [3.63, 3.8) is 0 Å². The van der Waals surface area contributed by atoms with Crippen molar-refractivity contribution >= 4 is 14.4 Å². The highest BCUT2D eigenvalue weighted by atomic mass is 28.3. The Morgan fingerprint density at radius 2 is 1.67 bits per heavy atom. The van der Waals surface area contributed by atoms with Crippen molar-refractivity contribution in [3.05, 3.63) is 35.9 Å². The second-order valence-corrected chi connectivity index (χ2v) is 10.6. The molecule has 0 aliphatic heterocycles. The summed E-state index contributed by atoms with van der Waals surface area (Å²) >= 11 is 0. The summed E-state index contributed by atoms with van der Waals surface area (Å²) in [5.74, 6) is 0.124. The van der Waals surface area contributed by atoms with Gasteiger partial charge in [-0.3, -0.25) is 0 Å². The first-order chi connectivity index (χ1) is 6.96. The fraction of sp³-hybridized carbons (Fsp3) is 0.462. The zero-order valence-corrected chi connectivity index (χ0v) is 11.0. The summed E-state index contributed by atoms with van der Waals surface area (Å²) in [5, 5.41) is 0. The Balaban J connectivity index is 3.08. The normalized spacial score (nSPS) is 15.7. The van der Waals surface area contributed by atoms with E-state index in [4.69, 9.17) is 0 Å². The molecule has 0 amide bonds. The number of rotatable bonds is 4. The SMILES string of the molecule is C[C@H](C=O)[C@@H](c1ccccc1)[Si](C)(C)C. The van der Waals surface area contributed by atoms with E-state index in [0.29, 0.717) is 5.54 Å². The van der Waals surface area contributed by atoms with Crippen molar-refractivity contribution in [2.75, 3.05) is 0 Å². The molecule has 1 aromatic carbocycles. The van der Waals surface area contributed by atoms with Gasteiger partial charge >= 0.3 is 0 Å². The Hall–Kier alpha value is -0.893. The van der Waals surface area contributed by atoms with Crippen LogP contribution in [0, 0.1) is 5.92 Å². The Bertz CT molecular complexity index is 313. The fourth-order valence-corrected chi connectivity index (χ4v) is 5.18. The largest absolute Gasteiger partial charge is 0.303 e. The third kappa shape index (κ3) is 3.03. The first-order valence-corrected chi connectivity index (χ1v) is 9.05. The van der Waals surface area contributed by atoms with E-state index in [1.165, 1.54) is 5.56 Å². The van der Waals surface area contributed by atoms with Crippen LogP contribution in [0.25, 0.3) is 0 Å². The molecule has 2 heteroatoms. The molecule has 1 aromatic rings. The maximum absolute atomic E-state index is 11.0. The molecule has 0 spiro atoms. The Morgan fingerprint density at radius 1 is 1.13 bits per heavy atom. The van der Waals surface area contributed by atoms with Gasteiger partial charge in [0.2, 0.25) is 0 Å². The zero-order chi connectivity index (χ0) is 11.5. The van der Waals surface area contributed by atoms with Crippen LogP contribution < -0.4 is 0 Å². The topological polar surface area (TPSA) is 17.1 Å². The lowest BCUT2D eigenvalue weighted by Gasteiger charge is -2.32. The Morgan fingerprint density at radius 3 is 2.07 bits per heavy atom. The molecule has 0 bridgehead atoms. The molecule has 0 saturated heterocycles. The quantitative estimate of drug-likeness (QED) is 0.561. The first-order valence-electron chi connectivity index (χ1n) is 5.47. The molecule has 0 aliphatic carbocycles. The minimum absolute atomic E-state index is 0.124. The van der Waals surface area contributed by atoms with Gasteiger partial charge in [0.25, 0.3) is 0 Å². The molecular weight excluding hydrogens is 200 g/mol. The van der Waals surface area contributed by atoms with Crippen LogP contribution in [0.1, 0.15) is 18.0 Å². The number of hydrogen-bond acceptors (Lipinski definition) is 1. The highest BCUT2D eigenvalue weighted by Gasteiger charge is 2.32. The minimum Gasteiger partial charge on any atom is -0.303 e. The molecular formula is C13H20OSi. The van der Waals surface area contributed by atoms with Gasteiger partial charge in [-0.05, 0) is 11.1 Å². The third-order valence-corrected chi connectivity index (χ3v) is 5.56. The van der Waals surface area contributed by atoms with Gasteiger partial charge in [-0.25, -0.2) is 0 Å². The summed E-state index contributed by atoms with van der Waals surface area (Å²) in [4.78, 5) is 11.0. The lowest BCUT2D eigenvalue weighted by molar-refractivity contribution is -0.110. The molecule has 0 aliphatic rings. The highest BCUT2D eigenvalue weighted by molar-refractivity contribution is 6.77. The van der Waals surface area contributed by atoms with Gasteiger partial charge in [0, 0.05) is 5.92 Å². The van der Waals surface area contributed by atoms with Crippen LogP contribution in [0.3, 0.4) is 0 Å². The minimum atomic E-state index is -1.34. The van der Waals surface area contributed by atoms with Crippen molar-refractivity contribution in [2.45, 2.75) is 32.1 Å². The predicted octanol–water partition coefficient (Wildman–Crippen LogP) is 3.48. The summed E-state index contributed by atoms with van der Waals surface area (Å²) in [5.41, 5.74) is 1.74. The summed E-state index contributed by atoms with van der Waals surface area (Å²) in [6.07, 6.45) is 1.09. The number of aldehydes is 1. The molecule has 0 radical (unpaired) electrons. The van der Waals surface area contributed by atoms with E-state index in [1.54, 1.807) is 0 Å². The lowest BCUT2D eigenvalue weighted by atomic mass is 10.0. The molecule has 82 valence electrons. The third-order valence-electron chi connectivity index (χ3n) is 2.83. The molecule has 0 aromatic heterocycles. The number of hydrogen-bond donors (Lipinski definition) is 0. The standard InChI is InChI=1S/C13H20OSi/c1-11(10-14)13(15(2,3)4)12-8-6-5-7-9-12/h5-11,13H,1-4H3/t11-,13+/m1/s1. The number of carbonyl (C=O) groups excluding carboxylic acids is 1. The maximum atomic E-state index is 11.0. The second kappa shape index (κ2) is 4.75. The van der Waals surface area contributed by atoms with Crippen LogP contribution in [0.2, 0.25) is 19.6 Å². The van der Waals surface area contributed by atoms with E-state index < -0.39 is 8.07 Å². The Labute approximate surface area is 93.5 Å². The van der Waals surface area contributed by atoms with Crippen molar-refractivity contribution < 1.29 is 4.79 Å². The zero-order valence-electron chi connectivity index (χ0n) is 10.0. The van der Waals surface area contributed by atoms with E-state index in [-0.39, 0.29) is 5.92 Å². The van der Waals surface area contributed by atoms with Gasteiger partial charge in [0.1, 0.15) is 6.29 Å².